The molecule has 2 aromatic rings. The molecule has 0 aliphatic carbocycles. The molecule has 0 heterocycles. The summed E-state index contributed by atoms with van der Waals surface area (Å²) in [6, 6.07) is 22.8. The third-order valence-corrected chi connectivity index (χ3v) is 3.53. The molecular formula is C18H20N2. The molecule has 2 heteroatoms. The number of hydrogen-bond donors (Lipinski definition) is 1. The molecule has 0 aliphatic heterocycles. The zero-order chi connectivity index (χ0) is 14.2. The molecule has 0 saturated carbocycles. The van der Waals surface area contributed by atoms with E-state index in [1.165, 1.54) is 5.56 Å². The fraction of sp³-hybridized carbons (Fsp3) is 0.278. The maximum absolute atomic E-state index is 9.27. The largest absolute Gasteiger partial charge is 0.314 e. The number of rotatable bonds is 6. The number of nitrogens with one attached hydrogen (secondary N) is 1. The van der Waals surface area contributed by atoms with Crippen LogP contribution >= 0.6 is 0 Å². The maximum Gasteiger partial charge on any atom is 0.0837 e. The number of nitrogens with zero attached hydrogens (tertiary/aromatic N) is 1. The number of nitriles is 1. The van der Waals surface area contributed by atoms with E-state index in [2.05, 4.69) is 42.6 Å². The average molecular weight is 264 g/mol. The summed E-state index contributed by atoms with van der Waals surface area (Å²) in [4.78, 5) is 0. The molecule has 0 spiro atoms. The minimum Gasteiger partial charge on any atom is -0.314 e. The Kier molecular flexibility index (Phi) is 5.34. The Morgan fingerprint density at radius 1 is 0.900 bits per heavy atom. The van der Waals surface area contributed by atoms with Gasteiger partial charge < -0.3 is 5.32 Å². The van der Waals surface area contributed by atoms with Gasteiger partial charge in [-0.1, -0.05) is 67.6 Å². The molecule has 1 N–H and O–H groups in total. The summed E-state index contributed by atoms with van der Waals surface area (Å²) in [5.74, 6) is 0.366. The first-order valence-electron chi connectivity index (χ1n) is 7.01. The first kappa shape index (κ1) is 14.3. The molecule has 2 aromatic carbocycles. The van der Waals surface area contributed by atoms with E-state index in [1.54, 1.807) is 0 Å². The maximum atomic E-state index is 9.27. The average Bonchev–Trinajstić information content (AvgIpc) is 2.53. The van der Waals surface area contributed by atoms with Crippen molar-refractivity contribution in [1.82, 2.24) is 5.32 Å². The first-order chi connectivity index (χ1) is 9.81. The van der Waals surface area contributed by atoms with E-state index >= 15 is 0 Å². The molecule has 0 bridgehead atoms. The van der Waals surface area contributed by atoms with Crippen LogP contribution in [0.15, 0.2) is 60.7 Å². The summed E-state index contributed by atoms with van der Waals surface area (Å²) < 4.78 is 0. The Morgan fingerprint density at radius 2 is 1.45 bits per heavy atom. The Bertz CT molecular complexity index is 543. The zero-order valence-corrected chi connectivity index (χ0v) is 11.8. The third-order valence-electron chi connectivity index (χ3n) is 3.53. The third kappa shape index (κ3) is 3.94. The molecule has 2 nitrogen and oxygen atoms in total. The highest BCUT2D eigenvalue weighted by atomic mass is 14.9. The second-order valence-electron chi connectivity index (χ2n) is 5.06. The molecule has 2 unspecified atom stereocenters. The van der Waals surface area contributed by atoms with Gasteiger partial charge in [-0.15, -0.1) is 0 Å². The van der Waals surface area contributed by atoms with E-state index < -0.39 is 0 Å². The van der Waals surface area contributed by atoms with Gasteiger partial charge in [-0.25, -0.2) is 0 Å². The molecule has 20 heavy (non-hydrogen) atoms. The lowest BCUT2D eigenvalue weighted by atomic mass is 9.99. The van der Waals surface area contributed by atoms with Gasteiger partial charge in [0.05, 0.1) is 12.0 Å². The van der Waals surface area contributed by atoms with Gasteiger partial charge in [0.15, 0.2) is 0 Å². The van der Waals surface area contributed by atoms with Gasteiger partial charge in [-0.05, 0) is 17.0 Å². The Morgan fingerprint density at radius 3 is 2.00 bits per heavy atom. The van der Waals surface area contributed by atoms with Crippen molar-refractivity contribution in [3.05, 3.63) is 71.8 Å². The highest BCUT2D eigenvalue weighted by Crippen LogP contribution is 2.15. The predicted octanol–water partition coefficient (Wildman–Crippen LogP) is 3.69. The van der Waals surface area contributed by atoms with Crippen LogP contribution in [0.2, 0.25) is 0 Å². The molecule has 102 valence electrons. The van der Waals surface area contributed by atoms with Crippen molar-refractivity contribution in [2.24, 2.45) is 0 Å². The Hall–Kier alpha value is -2.11. The van der Waals surface area contributed by atoms with Gasteiger partial charge in [0.2, 0.25) is 0 Å². The van der Waals surface area contributed by atoms with Crippen LogP contribution in [0.25, 0.3) is 0 Å². The van der Waals surface area contributed by atoms with Gasteiger partial charge in [-0.2, -0.15) is 5.26 Å². The van der Waals surface area contributed by atoms with E-state index in [1.807, 2.05) is 36.4 Å². The molecule has 0 aliphatic rings. The SMILES string of the molecule is CC(CNCC(C#N)c1ccccc1)c1ccccc1. The molecule has 0 saturated heterocycles. The van der Waals surface area contributed by atoms with Crippen molar-refractivity contribution in [1.29, 1.82) is 5.26 Å². The number of hydrogen-bond acceptors (Lipinski definition) is 2. The van der Waals surface area contributed by atoms with Crippen molar-refractivity contribution in [3.8, 4) is 6.07 Å². The van der Waals surface area contributed by atoms with Crippen molar-refractivity contribution in [2.75, 3.05) is 13.1 Å². The fourth-order valence-electron chi connectivity index (χ4n) is 2.27. The predicted molar refractivity (Wildman–Crippen MR) is 82.5 cm³/mol. The van der Waals surface area contributed by atoms with Crippen LogP contribution < -0.4 is 5.32 Å². The summed E-state index contributed by atoms with van der Waals surface area (Å²) in [7, 11) is 0. The fourth-order valence-corrected chi connectivity index (χ4v) is 2.27. The van der Waals surface area contributed by atoms with Crippen molar-refractivity contribution in [3.63, 3.8) is 0 Å². The second kappa shape index (κ2) is 7.47. The van der Waals surface area contributed by atoms with E-state index in [0.29, 0.717) is 12.5 Å². The highest BCUT2D eigenvalue weighted by molar-refractivity contribution is 5.25. The first-order valence-corrected chi connectivity index (χ1v) is 7.01. The van der Waals surface area contributed by atoms with Gasteiger partial charge in [-0.3, -0.25) is 0 Å². The number of benzene rings is 2. The van der Waals surface area contributed by atoms with Gasteiger partial charge in [0.25, 0.3) is 0 Å². The van der Waals surface area contributed by atoms with Gasteiger partial charge in [0, 0.05) is 13.1 Å². The summed E-state index contributed by atoms with van der Waals surface area (Å²) in [6.07, 6.45) is 0. The molecule has 2 rings (SSSR count). The van der Waals surface area contributed by atoms with Crippen molar-refractivity contribution in [2.45, 2.75) is 18.8 Å². The monoisotopic (exact) mass is 264 g/mol. The van der Waals surface area contributed by atoms with Crippen LogP contribution in [-0.2, 0) is 0 Å². The van der Waals surface area contributed by atoms with Gasteiger partial charge in [0.1, 0.15) is 0 Å². The van der Waals surface area contributed by atoms with Crippen molar-refractivity contribution < 1.29 is 0 Å². The molecule has 0 aromatic heterocycles. The standard InChI is InChI=1S/C18H20N2/c1-15(16-8-4-2-5-9-16)13-20-14-18(12-19)17-10-6-3-7-11-17/h2-11,15,18,20H,13-14H2,1H3. The summed E-state index contributed by atoms with van der Waals surface area (Å²) >= 11 is 0. The lowest BCUT2D eigenvalue weighted by Crippen LogP contribution is -2.25. The summed E-state index contributed by atoms with van der Waals surface area (Å²) in [6.45, 7) is 3.78. The molecule has 0 fully saturated rings. The van der Waals surface area contributed by atoms with Crippen LogP contribution in [0, 0.1) is 11.3 Å². The minimum absolute atomic E-state index is 0.0841. The van der Waals surface area contributed by atoms with Crippen LogP contribution in [0.1, 0.15) is 29.9 Å². The van der Waals surface area contributed by atoms with Crippen LogP contribution in [0.5, 0.6) is 0 Å². The molecular weight excluding hydrogens is 244 g/mol. The van der Waals surface area contributed by atoms with Gasteiger partial charge >= 0.3 is 0 Å². The molecule has 2 atom stereocenters. The van der Waals surface area contributed by atoms with E-state index in [-0.39, 0.29) is 5.92 Å². The summed E-state index contributed by atoms with van der Waals surface area (Å²) in [5.41, 5.74) is 2.41. The minimum atomic E-state index is -0.0841. The van der Waals surface area contributed by atoms with E-state index in [9.17, 15) is 5.26 Å². The lowest BCUT2D eigenvalue weighted by Gasteiger charge is -2.15. The normalized spacial score (nSPS) is 13.4. The molecule has 0 radical (unpaired) electrons. The van der Waals surface area contributed by atoms with Crippen LogP contribution in [0.4, 0.5) is 0 Å². The quantitative estimate of drug-likeness (QED) is 0.863. The van der Waals surface area contributed by atoms with Crippen molar-refractivity contribution >= 4 is 0 Å². The Balaban J connectivity index is 1.85. The smallest absolute Gasteiger partial charge is 0.0837 e. The van der Waals surface area contributed by atoms with Crippen LogP contribution in [-0.4, -0.2) is 13.1 Å². The lowest BCUT2D eigenvalue weighted by molar-refractivity contribution is 0.596. The zero-order valence-electron chi connectivity index (χ0n) is 11.8. The Labute approximate surface area is 121 Å². The topological polar surface area (TPSA) is 35.8 Å². The summed E-state index contributed by atoms with van der Waals surface area (Å²) in [5, 5.41) is 12.7. The van der Waals surface area contributed by atoms with Crippen LogP contribution in [0.3, 0.4) is 0 Å². The highest BCUT2D eigenvalue weighted by Gasteiger charge is 2.10. The van der Waals surface area contributed by atoms with E-state index in [4.69, 9.17) is 0 Å². The van der Waals surface area contributed by atoms with E-state index in [0.717, 1.165) is 12.1 Å². The second-order valence-corrected chi connectivity index (χ2v) is 5.06. The molecule has 0 amide bonds.